The fourth-order valence-corrected chi connectivity index (χ4v) is 4.87. The number of anilines is 2. The fourth-order valence-electron chi connectivity index (χ4n) is 4.87. The number of ether oxygens (including phenoxy) is 1. The minimum atomic E-state index is -0.346. The number of amides is 2. The van der Waals surface area contributed by atoms with E-state index >= 15 is 0 Å². The summed E-state index contributed by atoms with van der Waals surface area (Å²) in [5, 5.41) is 11.8. The summed E-state index contributed by atoms with van der Waals surface area (Å²) in [6, 6.07) is 12.1. The van der Waals surface area contributed by atoms with Crippen LogP contribution >= 0.6 is 0 Å². The lowest BCUT2D eigenvalue weighted by atomic mass is 9.97. The number of hydrogen-bond donors (Lipinski definition) is 2. The Morgan fingerprint density at radius 3 is 2.79 bits per heavy atom. The minimum absolute atomic E-state index is 0.0371. The highest BCUT2D eigenvalue weighted by Gasteiger charge is 2.29. The van der Waals surface area contributed by atoms with Crippen molar-refractivity contribution in [2.45, 2.75) is 25.2 Å². The number of nitrogens with zero attached hydrogens (tertiary/aromatic N) is 6. The van der Waals surface area contributed by atoms with Crippen LogP contribution in [-0.2, 0) is 9.53 Å². The maximum Gasteiger partial charge on any atom is 0.256 e. The largest absolute Gasteiger partial charge is 0.384 e. The van der Waals surface area contributed by atoms with Crippen LogP contribution in [0.2, 0.25) is 0 Å². The summed E-state index contributed by atoms with van der Waals surface area (Å²) in [7, 11) is 1.59. The first-order chi connectivity index (χ1) is 19.0. The quantitative estimate of drug-likeness (QED) is 0.374. The van der Waals surface area contributed by atoms with E-state index in [2.05, 4.69) is 15.3 Å². The van der Waals surface area contributed by atoms with Crippen LogP contribution in [-0.4, -0.2) is 62.9 Å². The van der Waals surface area contributed by atoms with Crippen LogP contribution in [0.5, 0.6) is 0 Å². The van der Waals surface area contributed by atoms with Gasteiger partial charge >= 0.3 is 0 Å². The number of nitrogen functional groups attached to an aromatic ring is 1. The van der Waals surface area contributed by atoms with E-state index < -0.39 is 0 Å². The zero-order chi connectivity index (χ0) is 27.4. The molecule has 1 saturated heterocycles. The van der Waals surface area contributed by atoms with E-state index in [4.69, 9.17) is 20.7 Å². The molecule has 1 aromatic carbocycles. The van der Waals surface area contributed by atoms with E-state index in [-0.39, 0.29) is 17.7 Å². The Hall–Kier alpha value is -4.82. The third-order valence-electron chi connectivity index (χ3n) is 6.82. The van der Waals surface area contributed by atoms with Gasteiger partial charge in [-0.15, -0.1) is 0 Å². The zero-order valence-corrected chi connectivity index (χ0v) is 21.5. The number of fused-ring (bicyclic) bond motifs is 1. The van der Waals surface area contributed by atoms with Crippen molar-refractivity contribution in [2.24, 2.45) is 0 Å². The predicted molar refractivity (Wildman–Crippen MR) is 145 cm³/mol. The molecule has 0 unspecified atom stereocenters. The van der Waals surface area contributed by atoms with Crippen molar-refractivity contribution in [3.05, 3.63) is 71.9 Å². The van der Waals surface area contributed by atoms with Gasteiger partial charge in [0.05, 0.1) is 24.7 Å². The predicted octanol–water partition coefficient (Wildman–Crippen LogP) is 3.24. The summed E-state index contributed by atoms with van der Waals surface area (Å²) < 4.78 is 7.03. The van der Waals surface area contributed by atoms with E-state index in [0.29, 0.717) is 53.5 Å². The Labute approximate surface area is 225 Å². The second-order valence-corrected chi connectivity index (χ2v) is 9.34. The van der Waals surface area contributed by atoms with E-state index in [1.54, 1.807) is 31.5 Å². The summed E-state index contributed by atoms with van der Waals surface area (Å²) in [5.74, 6) is 1.24. The second-order valence-electron chi connectivity index (χ2n) is 9.34. The summed E-state index contributed by atoms with van der Waals surface area (Å²) in [5.41, 5.74) is 9.27. The van der Waals surface area contributed by atoms with Gasteiger partial charge in [0.15, 0.2) is 0 Å². The molecule has 4 heterocycles. The van der Waals surface area contributed by atoms with Crippen LogP contribution in [0.1, 0.15) is 46.9 Å². The molecule has 0 saturated carbocycles. The van der Waals surface area contributed by atoms with Crippen LogP contribution < -0.4 is 11.1 Å². The molecular weight excluding hydrogens is 496 g/mol. The smallest absolute Gasteiger partial charge is 0.256 e. The van der Waals surface area contributed by atoms with Crippen molar-refractivity contribution < 1.29 is 14.3 Å². The lowest BCUT2D eigenvalue weighted by molar-refractivity contribution is -0.133. The molecule has 5 rings (SSSR count). The number of nitrogens with one attached hydrogen (secondary N) is 1. The highest BCUT2D eigenvalue weighted by atomic mass is 16.5. The standard InChI is InChI=1S/C28H28N8O3/c1-39-14-9-23(37)35-12-2-3-21(17-35)27-34-24(25-26(30)32-11-13-36(25)27)19-4-6-20(7-5-19)28(38)33-22-15-18(16-29)8-10-31-22/h4-8,10-11,13,15,21H,2-3,9,12,14,17H2,1H3,(H2,30,32)(H,31,33,38)/t21-/m1/s1. The van der Waals surface area contributed by atoms with Crippen LogP contribution in [0.25, 0.3) is 16.8 Å². The molecule has 39 heavy (non-hydrogen) atoms. The van der Waals surface area contributed by atoms with Crippen molar-refractivity contribution in [1.29, 1.82) is 5.26 Å². The molecule has 1 atom stereocenters. The first-order valence-electron chi connectivity index (χ1n) is 12.7. The summed E-state index contributed by atoms with van der Waals surface area (Å²) in [6.45, 7) is 1.69. The van der Waals surface area contributed by atoms with Gasteiger partial charge in [-0.3, -0.25) is 14.0 Å². The van der Waals surface area contributed by atoms with Crippen molar-refractivity contribution in [3.63, 3.8) is 0 Å². The summed E-state index contributed by atoms with van der Waals surface area (Å²) in [6.07, 6.45) is 7.09. The molecule has 0 aliphatic carbocycles. The van der Waals surface area contributed by atoms with Gasteiger partial charge in [-0.25, -0.2) is 15.0 Å². The van der Waals surface area contributed by atoms with Crippen molar-refractivity contribution in [1.82, 2.24) is 24.3 Å². The Morgan fingerprint density at radius 2 is 2.03 bits per heavy atom. The Bertz CT molecular complexity index is 1560. The Kier molecular flexibility index (Phi) is 7.47. The summed E-state index contributed by atoms with van der Waals surface area (Å²) >= 11 is 0. The molecule has 2 amide bonds. The van der Waals surface area contributed by atoms with Crippen LogP contribution in [0.4, 0.5) is 11.6 Å². The molecule has 3 aromatic heterocycles. The Balaban J connectivity index is 1.42. The zero-order valence-electron chi connectivity index (χ0n) is 21.5. The molecule has 4 aromatic rings. The number of carbonyl (C=O) groups excluding carboxylic acids is 2. The third-order valence-corrected chi connectivity index (χ3v) is 6.82. The number of pyridine rings is 1. The second kappa shape index (κ2) is 11.3. The van der Waals surface area contributed by atoms with Gasteiger partial charge in [0.25, 0.3) is 5.91 Å². The van der Waals surface area contributed by atoms with Gasteiger partial charge in [0, 0.05) is 55.8 Å². The normalized spacial score (nSPS) is 15.2. The number of nitriles is 1. The van der Waals surface area contributed by atoms with Gasteiger partial charge in [0.2, 0.25) is 5.91 Å². The van der Waals surface area contributed by atoms with E-state index in [0.717, 1.165) is 30.8 Å². The number of benzene rings is 1. The highest BCUT2D eigenvalue weighted by molar-refractivity contribution is 6.04. The maximum atomic E-state index is 12.8. The number of piperidine rings is 1. The summed E-state index contributed by atoms with van der Waals surface area (Å²) in [4.78, 5) is 40.7. The molecule has 11 nitrogen and oxygen atoms in total. The van der Waals surface area contributed by atoms with Gasteiger partial charge < -0.3 is 20.7 Å². The van der Waals surface area contributed by atoms with Crippen LogP contribution in [0, 0.1) is 11.3 Å². The van der Waals surface area contributed by atoms with Crippen molar-refractivity contribution in [2.75, 3.05) is 37.9 Å². The van der Waals surface area contributed by atoms with Gasteiger partial charge in [-0.2, -0.15) is 5.26 Å². The van der Waals surface area contributed by atoms with Crippen LogP contribution in [0.3, 0.4) is 0 Å². The molecular formula is C28H28N8O3. The fraction of sp³-hybridized carbons (Fsp3) is 0.286. The molecule has 11 heteroatoms. The first-order valence-corrected chi connectivity index (χ1v) is 12.7. The van der Waals surface area contributed by atoms with Gasteiger partial charge in [-0.05, 0) is 37.1 Å². The third kappa shape index (κ3) is 5.42. The lowest BCUT2D eigenvalue weighted by Crippen LogP contribution is -2.39. The van der Waals surface area contributed by atoms with E-state index in [1.165, 1.54) is 12.3 Å². The van der Waals surface area contributed by atoms with Crippen molar-refractivity contribution in [3.8, 4) is 17.3 Å². The minimum Gasteiger partial charge on any atom is -0.384 e. The number of aromatic nitrogens is 4. The lowest BCUT2D eigenvalue weighted by Gasteiger charge is -2.32. The average Bonchev–Trinajstić information content (AvgIpc) is 3.37. The molecule has 0 bridgehead atoms. The number of nitrogens with two attached hydrogens (primary N) is 1. The SMILES string of the molecule is COCCC(=O)N1CCC[C@@H](c2nc(-c3ccc(C(=O)Nc4cc(C#N)ccn4)cc3)c3c(N)nccn23)C1. The molecule has 198 valence electrons. The molecule has 1 aliphatic rings. The Morgan fingerprint density at radius 1 is 1.21 bits per heavy atom. The molecule has 0 spiro atoms. The molecule has 1 aliphatic heterocycles. The topological polar surface area (TPSA) is 152 Å². The van der Waals surface area contributed by atoms with E-state index in [1.807, 2.05) is 33.7 Å². The number of imidazole rings is 1. The first kappa shape index (κ1) is 25.8. The number of hydrogen-bond acceptors (Lipinski definition) is 8. The molecule has 3 N–H and O–H groups in total. The van der Waals surface area contributed by atoms with Crippen molar-refractivity contribution >= 4 is 29.0 Å². The monoisotopic (exact) mass is 524 g/mol. The molecule has 1 fully saturated rings. The number of methoxy groups -OCH3 is 1. The maximum absolute atomic E-state index is 12.8. The number of rotatable bonds is 7. The van der Waals surface area contributed by atoms with Gasteiger partial charge in [-0.1, -0.05) is 12.1 Å². The number of likely N-dealkylation sites (tertiary alicyclic amines) is 1. The highest BCUT2D eigenvalue weighted by Crippen LogP contribution is 2.34. The van der Waals surface area contributed by atoms with E-state index in [9.17, 15) is 9.59 Å². The van der Waals surface area contributed by atoms with Gasteiger partial charge in [0.1, 0.15) is 28.7 Å². The molecule has 0 radical (unpaired) electrons. The van der Waals surface area contributed by atoms with Crippen LogP contribution in [0.15, 0.2) is 55.0 Å². The average molecular weight is 525 g/mol. The number of carbonyl (C=O) groups is 2.